The van der Waals surface area contributed by atoms with Crippen molar-refractivity contribution in [1.82, 2.24) is 20.2 Å². The van der Waals surface area contributed by atoms with Crippen LogP contribution in [0.2, 0.25) is 0 Å². The number of carbonyl (C=O) groups excluding carboxylic acids is 1. The Balaban J connectivity index is 1.69. The quantitative estimate of drug-likeness (QED) is 0.846. The molecule has 1 saturated heterocycles. The van der Waals surface area contributed by atoms with E-state index in [9.17, 15) is 4.79 Å². The lowest BCUT2D eigenvalue weighted by Gasteiger charge is -2.34. The number of nitrogen functional groups attached to an aromatic ring is 1. The van der Waals surface area contributed by atoms with E-state index >= 15 is 0 Å². The monoisotopic (exact) mass is 327 g/mol. The second-order valence-electron chi connectivity index (χ2n) is 5.60. The van der Waals surface area contributed by atoms with Crippen LogP contribution in [0, 0.1) is 0 Å². The van der Waals surface area contributed by atoms with Gasteiger partial charge in [0.15, 0.2) is 0 Å². The highest BCUT2D eigenvalue weighted by Crippen LogP contribution is 2.19. The summed E-state index contributed by atoms with van der Waals surface area (Å²) in [5.74, 6) is 0.225. The molecule has 0 aliphatic carbocycles. The first-order valence-corrected chi connectivity index (χ1v) is 7.96. The highest BCUT2D eigenvalue weighted by atomic mass is 16.5. The van der Waals surface area contributed by atoms with Gasteiger partial charge in [-0.25, -0.2) is 4.98 Å². The third kappa shape index (κ3) is 4.06. The van der Waals surface area contributed by atoms with Crippen LogP contribution < -0.4 is 11.1 Å². The van der Waals surface area contributed by atoms with E-state index < -0.39 is 0 Å². The lowest BCUT2D eigenvalue weighted by atomic mass is 10.1. The molecule has 0 radical (unpaired) electrons. The van der Waals surface area contributed by atoms with E-state index in [4.69, 9.17) is 10.5 Å². The third-order valence-electron chi connectivity index (χ3n) is 4.02. The number of pyridine rings is 2. The zero-order chi connectivity index (χ0) is 16.8. The molecule has 0 bridgehead atoms. The van der Waals surface area contributed by atoms with Gasteiger partial charge in [0.2, 0.25) is 0 Å². The Hall–Kier alpha value is -2.51. The predicted molar refractivity (Wildman–Crippen MR) is 90.4 cm³/mol. The number of hydrogen-bond acceptors (Lipinski definition) is 6. The summed E-state index contributed by atoms with van der Waals surface area (Å²) in [7, 11) is 0. The van der Waals surface area contributed by atoms with Crippen LogP contribution in [-0.4, -0.2) is 53.6 Å². The molecule has 7 nitrogen and oxygen atoms in total. The van der Waals surface area contributed by atoms with Gasteiger partial charge in [-0.05, 0) is 24.3 Å². The molecule has 0 saturated carbocycles. The van der Waals surface area contributed by atoms with Gasteiger partial charge in [-0.15, -0.1) is 0 Å². The van der Waals surface area contributed by atoms with E-state index in [1.807, 2.05) is 18.2 Å². The van der Waals surface area contributed by atoms with Crippen LogP contribution in [0.25, 0.3) is 0 Å². The standard InChI is InChI=1S/C17H21N5O2/c18-16-5-4-13(11-20-16)17(23)21-12-15(14-3-1-2-6-19-14)22-7-9-24-10-8-22/h1-6,11,15H,7-10,12H2,(H2,18,20)(H,21,23)/t15-/m0/s1. The first kappa shape index (κ1) is 16.4. The number of aromatic nitrogens is 2. The predicted octanol–water partition coefficient (Wildman–Crippen LogP) is 0.862. The average Bonchev–Trinajstić information content (AvgIpc) is 2.64. The molecule has 1 fully saturated rings. The van der Waals surface area contributed by atoms with Gasteiger partial charge in [-0.1, -0.05) is 6.07 Å². The first-order valence-electron chi connectivity index (χ1n) is 7.96. The van der Waals surface area contributed by atoms with Gasteiger partial charge in [0.1, 0.15) is 5.82 Å². The molecule has 7 heteroatoms. The van der Waals surface area contributed by atoms with Crippen molar-refractivity contribution < 1.29 is 9.53 Å². The van der Waals surface area contributed by atoms with Crippen molar-refractivity contribution in [3.63, 3.8) is 0 Å². The molecule has 0 unspecified atom stereocenters. The van der Waals surface area contributed by atoms with Gasteiger partial charge in [-0.3, -0.25) is 14.7 Å². The number of carbonyl (C=O) groups is 1. The van der Waals surface area contributed by atoms with E-state index in [0.29, 0.717) is 31.1 Å². The number of hydrogen-bond donors (Lipinski definition) is 2. The van der Waals surface area contributed by atoms with Gasteiger partial charge >= 0.3 is 0 Å². The molecule has 1 atom stereocenters. The van der Waals surface area contributed by atoms with Crippen LogP contribution in [-0.2, 0) is 4.74 Å². The largest absolute Gasteiger partial charge is 0.384 e. The molecular formula is C17H21N5O2. The highest BCUT2D eigenvalue weighted by molar-refractivity contribution is 5.94. The van der Waals surface area contributed by atoms with E-state index in [1.165, 1.54) is 6.20 Å². The average molecular weight is 327 g/mol. The number of amides is 1. The Labute approximate surface area is 140 Å². The maximum atomic E-state index is 12.3. The fourth-order valence-electron chi connectivity index (χ4n) is 2.71. The number of rotatable bonds is 5. The summed E-state index contributed by atoms with van der Waals surface area (Å²) in [6, 6.07) is 9.13. The van der Waals surface area contributed by atoms with Crippen LogP contribution in [0.4, 0.5) is 5.82 Å². The molecule has 1 aliphatic heterocycles. The van der Waals surface area contributed by atoms with Gasteiger partial charge < -0.3 is 15.8 Å². The Morgan fingerprint density at radius 1 is 1.25 bits per heavy atom. The molecule has 1 aliphatic rings. The lowest BCUT2D eigenvalue weighted by molar-refractivity contribution is 0.0154. The molecule has 2 aromatic rings. The minimum absolute atomic E-state index is 0.0146. The molecule has 3 heterocycles. The summed E-state index contributed by atoms with van der Waals surface area (Å²) in [6.07, 6.45) is 3.25. The first-order chi connectivity index (χ1) is 11.7. The maximum Gasteiger partial charge on any atom is 0.252 e. The number of nitrogens with one attached hydrogen (secondary N) is 1. The third-order valence-corrected chi connectivity index (χ3v) is 4.02. The Bertz CT molecular complexity index is 656. The van der Waals surface area contributed by atoms with Crippen molar-refractivity contribution in [2.45, 2.75) is 6.04 Å². The number of nitrogens with two attached hydrogens (primary N) is 1. The molecular weight excluding hydrogens is 306 g/mol. The topological polar surface area (TPSA) is 93.4 Å². The smallest absolute Gasteiger partial charge is 0.252 e. The summed E-state index contributed by atoms with van der Waals surface area (Å²) in [5, 5.41) is 2.97. The summed E-state index contributed by atoms with van der Waals surface area (Å²) in [6.45, 7) is 3.50. The second kappa shape index (κ2) is 7.85. The SMILES string of the molecule is Nc1ccc(C(=O)NC[C@@H](c2ccccn2)N2CCOCC2)cn1. The minimum Gasteiger partial charge on any atom is -0.384 e. The molecule has 3 N–H and O–H groups in total. The zero-order valence-electron chi connectivity index (χ0n) is 13.4. The van der Waals surface area contributed by atoms with Crippen LogP contribution in [0.5, 0.6) is 0 Å². The van der Waals surface area contributed by atoms with Crippen molar-refractivity contribution in [3.8, 4) is 0 Å². The molecule has 1 amide bonds. The Morgan fingerprint density at radius 3 is 2.75 bits per heavy atom. The van der Waals surface area contributed by atoms with E-state index in [-0.39, 0.29) is 11.9 Å². The van der Waals surface area contributed by atoms with Gasteiger partial charge in [0, 0.05) is 32.0 Å². The van der Waals surface area contributed by atoms with Crippen LogP contribution in [0.1, 0.15) is 22.1 Å². The Morgan fingerprint density at radius 2 is 2.08 bits per heavy atom. The van der Waals surface area contributed by atoms with Gasteiger partial charge in [-0.2, -0.15) is 0 Å². The van der Waals surface area contributed by atoms with E-state index in [0.717, 1.165) is 18.8 Å². The fraction of sp³-hybridized carbons (Fsp3) is 0.353. The molecule has 2 aromatic heterocycles. The summed E-state index contributed by atoms with van der Waals surface area (Å²) < 4.78 is 5.42. The Kier molecular flexibility index (Phi) is 5.35. The van der Waals surface area contributed by atoms with Crippen molar-refractivity contribution in [3.05, 3.63) is 54.0 Å². The molecule has 0 aromatic carbocycles. The van der Waals surface area contributed by atoms with Crippen molar-refractivity contribution >= 4 is 11.7 Å². The zero-order valence-corrected chi connectivity index (χ0v) is 13.4. The fourth-order valence-corrected chi connectivity index (χ4v) is 2.71. The molecule has 126 valence electrons. The van der Waals surface area contributed by atoms with Crippen LogP contribution >= 0.6 is 0 Å². The number of morpholine rings is 1. The summed E-state index contributed by atoms with van der Waals surface area (Å²) in [4.78, 5) is 23.0. The summed E-state index contributed by atoms with van der Waals surface area (Å²) >= 11 is 0. The van der Waals surface area contributed by atoms with Gasteiger partial charge in [0.25, 0.3) is 5.91 Å². The van der Waals surface area contributed by atoms with Crippen molar-refractivity contribution in [1.29, 1.82) is 0 Å². The summed E-state index contributed by atoms with van der Waals surface area (Å²) in [5.41, 5.74) is 6.98. The molecule has 3 rings (SSSR count). The minimum atomic E-state index is -0.170. The van der Waals surface area contributed by atoms with Crippen molar-refractivity contribution in [2.24, 2.45) is 0 Å². The number of anilines is 1. The van der Waals surface area contributed by atoms with Crippen LogP contribution in [0.15, 0.2) is 42.7 Å². The van der Waals surface area contributed by atoms with Gasteiger partial charge in [0.05, 0.1) is 30.5 Å². The van der Waals surface area contributed by atoms with E-state index in [2.05, 4.69) is 20.2 Å². The maximum absolute atomic E-state index is 12.3. The number of ether oxygens (including phenoxy) is 1. The molecule has 0 spiro atoms. The van der Waals surface area contributed by atoms with Crippen LogP contribution in [0.3, 0.4) is 0 Å². The number of nitrogens with zero attached hydrogens (tertiary/aromatic N) is 3. The normalized spacial score (nSPS) is 16.5. The highest BCUT2D eigenvalue weighted by Gasteiger charge is 2.24. The second-order valence-corrected chi connectivity index (χ2v) is 5.60. The van der Waals surface area contributed by atoms with Crippen molar-refractivity contribution in [2.75, 3.05) is 38.6 Å². The van der Waals surface area contributed by atoms with E-state index in [1.54, 1.807) is 18.3 Å². The molecule has 24 heavy (non-hydrogen) atoms. The lowest BCUT2D eigenvalue weighted by Crippen LogP contribution is -2.44.